The lowest BCUT2D eigenvalue weighted by Crippen LogP contribution is -2.30. The Morgan fingerprint density at radius 1 is 1.53 bits per heavy atom. The van der Waals surface area contributed by atoms with E-state index in [1.807, 2.05) is 20.8 Å². The Hall–Kier alpha value is -1.25. The lowest BCUT2D eigenvalue weighted by molar-refractivity contribution is 0.107. The molecule has 0 fully saturated rings. The van der Waals surface area contributed by atoms with Gasteiger partial charge in [0.15, 0.2) is 0 Å². The summed E-state index contributed by atoms with van der Waals surface area (Å²) in [6.45, 7) is 13.3. The van der Waals surface area contributed by atoms with Crippen LogP contribution in [0.3, 0.4) is 0 Å². The molecule has 0 saturated heterocycles. The predicted molar refractivity (Wildman–Crippen MR) is 79.0 cm³/mol. The Kier molecular flexibility index (Phi) is 5.64. The lowest BCUT2D eigenvalue weighted by Gasteiger charge is -2.22. The first kappa shape index (κ1) is 15.8. The molecule has 1 atom stereocenters. The molecule has 0 aromatic rings. The molecule has 3 heteroatoms. The quantitative estimate of drug-likeness (QED) is 0.778. The molecular formula is C16H27NO2. The molecule has 0 aromatic heterocycles. The maximum Gasteiger partial charge on any atom is 0.407 e. The van der Waals surface area contributed by atoms with Crippen LogP contribution in [0.1, 0.15) is 47.0 Å². The van der Waals surface area contributed by atoms with Crippen LogP contribution in [-0.4, -0.2) is 19.2 Å². The largest absolute Gasteiger partial charge is 0.449 e. The molecule has 0 heterocycles. The van der Waals surface area contributed by atoms with Crippen molar-refractivity contribution in [2.75, 3.05) is 13.2 Å². The van der Waals surface area contributed by atoms with Gasteiger partial charge in [0.25, 0.3) is 0 Å². The Morgan fingerprint density at radius 3 is 2.68 bits per heavy atom. The molecule has 1 aliphatic carbocycles. The van der Waals surface area contributed by atoms with Gasteiger partial charge in [0.2, 0.25) is 0 Å². The Balaban J connectivity index is 2.26. The number of alkyl carbamates (subject to hydrolysis) is 1. The minimum absolute atomic E-state index is 0.0101. The molecule has 0 saturated carbocycles. The van der Waals surface area contributed by atoms with Gasteiger partial charge in [0.05, 0.1) is 6.61 Å². The second-order valence-electron chi connectivity index (χ2n) is 6.67. The number of carbonyl (C=O) groups is 1. The fraction of sp³-hybridized carbons (Fsp3) is 0.688. The fourth-order valence-corrected chi connectivity index (χ4v) is 2.02. The van der Waals surface area contributed by atoms with Crippen molar-refractivity contribution >= 4 is 6.09 Å². The smallest absolute Gasteiger partial charge is 0.407 e. The van der Waals surface area contributed by atoms with Crippen molar-refractivity contribution in [2.24, 2.45) is 11.3 Å². The van der Waals surface area contributed by atoms with E-state index in [0.717, 1.165) is 19.3 Å². The van der Waals surface area contributed by atoms with Crippen LogP contribution in [-0.2, 0) is 4.74 Å². The molecule has 1 aliphatic rings. The van der Waals surface area contributed by atoms with Crippen LogP contribution in [0.5, 0.6) is 0 Å². The van der Waals surface area contributed by atoms with Crippen molar-refractivity contribution in [1.29, 1.82) is 0 Å². The molecule has 0 radical (unpaired) electrons. The normalized spacial score (nSPS) is 19.6. The van der Waals surface area contributed by atoms with Gasteiger partial charge >= 0.3 is 6.09 Å². The van der Waals surface area contributed by atoms with Crippen LogP contribution in [0.2, 0.25) is 0 Å². The van der Waals surface area contributed by atoms with Crippen molar-refractivity contribution in [3.8, 4) is 0 Å². The van der Waals surface area contributed by atoms with Gasteiger partial charge in [-0.2, -0.15) is 0 Å². The average Bonchev–Trinajstić information content (AvgIpc) is 2.33. The molecule has 1 amide bonds. The fourth-order valence-electron chi connectivity index (χ4n) is 2.02. The van der Waals surface area contributed by atoms with Crippen LogP contribution < -0.4 is 5.32 Å². The molecule has 1 unspecified atom stereocenters. The van der Waals surface area contributed by atoms with Gasteiger partial charge in [-0.25, -0.2) is 4.79 Å². The number of hydrogen-bond donors (Lipinski definition) is 1. The van der Waals surface area contributed by atoms with E-state index in [-0.39, 0.29) is 11.5 Å². The van der Waals surface area contributed by atoms with E-state index in [4.69, 9.17) is 4.74 Å². The standard InChI is InChI=1S/C16H27NO2/c1-12(2)14-8-6-13(7-9-14)10-17-15(18)19-11-16(3,4)5/h6,14H,1,7-11H2,2-5H3,(H,17,18). The monoisotopic (exact) mass is 265 g/mol. The van der Waals surface area contributed by atoms with E-state index in [1.165, 1.54) is 11.1 Å². The number of hydrogen-bond acceptors (Lipinski definition) is 2. The Labute approximate surface area is 117 Å². The highest BCUT2D eigenvalue weighted by Gasteiger charge is 2.16. The minimum atomic E-state index is -0.321. The zero-order valence-corrected chi connectivity index (χ0v) is 12.7. The third-order valence-corrected chi connectivity index (χ3v) is 3.30. The second kappa shape index (κ2) is 6.78. The van der Waals surface area contributed by atoms with Crippen molar-refractivity contribution in [3.05, 3.63) is 23.8 Å². The number of rotatable bonds is 4. The van der Waals surface area contributed by atoms with Crippen molar-refractivity contribution in [2.45, 2.75) is 47.0 Å². The molecule has 1 N–H and O–H groups in total. The summed E-state index contributed by atoms with van der Waals surface area (Å²) in [4.78, 5) is 11.5. The summed E-state index contributed by atoms with van der Waals surface area (Å²) in [6, 6.07) is 0. The zero-order chi connectivity index (χ0) is 14.5. The lowest BCUT2D eigenvalue weighted by atomic mass is 9.85. The highest BCUT2D eigenvalue weighted by Crippen LogP contribution is 2.27. The first-order valence-corrected chi connectivity index (χ1v) is 7.02. The van der Waals surface area contributed by atoms with Crippen molar-refractivity contribution < 1.29 is 9.53 Å². The van der Waals surface area contributed by atoms with Crippen molar-refractivity contribution in [1.82, 2.24) is 5.32 Å². The third-order valence-electron chi connectivity index (χ3n) is 3.30. The van der Waals surface area contributed by atoms with Gasteiger partial charge in [-0.3, -0.25) is 0 Å². The second-order valence-corrected chi connectivity index (χ2v) is 6.67. The summed E-state index contributed by atoms with van der Waals surface area (Å²) >= 11 is 0. The summed E-state index contributed by atoms with van der Waals surface area (Å²) in [5, 5.41) is 2.82. The van der Waals surface area contributed by atoms with Crippen LogP contribution in [0.25, 0.3) is 0 Å². The summed E-state index contributed by atoms with van der Waals surface area (Å²) < 4.78 is 5.17. The van der Waals surface area contributed by atoms with E-state index in [9.17, 15) is 4.79 Å². The molecule has 19 heavy (non-hydrogen) atoms. The highest BCUT2D eigenvalue weighted by molar-refractivity contribution is 5.67. The molecule has 1 rings (SSSR count). The van der Waals surface area contributed by atoms with Crippen LogP contribution in [0.4, 0.5) is 4.79 Å². The molecule has 0 aromatic carbocycles. The minimum Gasteiger partial charge on any atom is -0.449 e. The number of amides is 1. The van der Waals surface area contributed by atoms with Gasteiger partial charge in [-0.15, -0.1) is 0 Å². The van der Waals surface area contributed by atoms with Gasteiger partial charge in [0, 0.05) is 6.54 Å². The Bertz CT molecular complexity index is 363. The maximum atomic E-state index is 11.5. The first-order valence-electron chi connectivity index (χ1n) is 7.02. The van der Waals surface area contributed by atoms with Crippen molar-refractivity contribution in [3.63, 3.8) is 0 Å². The first-order chi connectivity index (χ1) is 8.78. The predicted octanol–water partition coefficient (Wildman–Crippen LogP) is 4.06. The highest BCUT2D eigenvalue weighted by atomic mass is 16.5. The van der Waals surface area contributed by atoms with Gasteiger partial charge in [0.1, 0.15) is 0 Å². The SMILES string of the molecule is C=C(C)C1CC=C(CNC(=O)OCC(C)(C)C)CC1. The topological polar surface area (TPSA) is 38.3 Å². The van der Waals surface area contributed by atoms with E-state index in [2.05, 4.69) is 24.9 Å². The van der Waals surface area contributed by atoms with E-state index in [1.54, 1.807) is 0 Å². The summed E-state index contributed by atoms with van der Waals surface area (Å²) in [7, 11) is 0. The third kappa shape index (κ3) is 6.46. The molecular weight excluding hydrogens is 238 g/mol. The van der Waals surface area contributed by atoms with Crippen LogP contribution >= 0.6 is 0 Å². The Morgan fingerprint density at radius 2 is 2.21 bits per heavy atom. The average molecular weight is 265 g/mol. The van der Waals surface area contributed by atoms with Gasteiger partial charge in [-0.05, 0) is 37.5 Å². The van der Waals surface area contributed by atoms with Gasteiger partial charge in [-0.1, -0.05) is 44.6 Å². The van der Waals surface area contributed by atoms with E-state index >= 15 is 0 Å². The molecule has 3 nitrogen and oxygen atoms in total. The molecule has 0 aliphatic heterocycles. The molecule has 0 spiro atoms. The molecule has 108 valence electrons. The summed E-state index contributed by atoms with van der Waals surface area (Å²) in [5.74, 6) is 0.608. The maximum absolute atomic E-state index is 11.5. The number of nitrogens with one attached hydrogen (secondary N) is 1. The zero-order valence-electron chi connectivity index (χ0n) is 12.7. The van der Waals surface area contributed by atoms with E-state index in [0.29, 0.717) is 19.1 Å². The number of ether oxygens (including phenoxy) is 1. The number of allylic oxidation sites excluding steroid dienone is 2. The van der Waals surface area contributed by atoms with Crippen LogP contribution in [0, 0.1) is 11.3 Å². The summed E-state index contributed by atoms with van der Waals surface area (Å²) in [5.41, 5.74) is 2.56. The van der Waals surface area contributed by atoms with E-state index < -0.39 is 0 Å². The molecule has 0 bridgehead atoms. The van der Waals surface area contributed by atoms with Gasteiger partial charge < -0.3 is 10.1 Å². The van der Waals surface area contributed by atoms with Crippen LogP contribution in [0.15, 0.2) is 23.8 Å². The summed E-state index contributed by atoms with van der Waals surface area (Å²) in [6.07, 6.45) is 5.13. The number of carbonyl (C=O) groups excluding carboxylic acids is 1.